The monoisotopic (exact) mass is 797 g/mol. The fourth-order valence-corrected chi connectivity index (χ4v) is 8.33. The molecule has 10 atom stereocenters. The third kappa shape index (κ3) is 13.1. The first-order valence-electron chi connectivity index (χ1n) is 19.3. The molecule has 0 spiro atoms. The van der Waals surface area contributed by atoms with Gasteiger partial charge in [-0.2, -0.15) is 0 Å². The van der Waals surface area contributed by atoms with Crippen molar-refractivity contribution in [1.82, 2.24) is 25.8 Å². The van der Waals surface area contributed by atoms with Gasteiger partial charge in [-0.25, -0.2) is 0 Å². The second-order valence-electron chi connectivity index (χ2n) is 15.5. The maximum Gasteiger partial charge on any atom is 0.347 e. The zero-order valence-electron chi connectivity index (χ0n) is 34.9. The maximum atomic E-state index is 14.3. The highest BCUT2D eigenvalue weighted by Crippen LogP contribution is 2.41. The molecule has 0 aromatic heterocycles. The van der Waals surface area contributed by atoms with Crippen LogP contribution in [0.4, 0.5) is 0 Å². The second kappa shape index (κ2) is 22.1. The van der Waals surface area contributed by atoms with Crippen molar-refractivity contribution in [3.8, 4) is 0 Å². The SMILES string of the molecule is CC[C@H](C)[C@@H]([C@@H](CC(=O)N1C[C@H](OC)C[C@H]1[C@H](OC)[C@@H](C)C(=O)N[C@@H](Cc1ccccc1)P(=O)(O)O)OC)N(C)C(=O)[C@@H](NC(=O)[C@@H](NC)C(C)C)C(C)C. The Balaban J connectivity index is 2.36. The number of methoxy groups -OCH3 is 3. The summed E-state index contributed by atoms with van der Waals surface area (Å²) in [5.41, 5.74) is 0.649. The van der Waals surface area contributed by atoms with Crippen molar-refractivity contribution in [2.45, 2.75) is 122 Å². The predicted molar refractivity (Wildman–Crippen MR) is 211 cm³/mol. The molecule has 55 heavy (non-hydrogen) atoms. The normalized spacial score (nSPS) is 20.6. The number of nitrogens with zero attached hydrogens (tertiary/aromatic N) is 2. The molecule has 1 aliphatic heterocycles. The van der Waals surface area contributed by atoms with E-state index in [0.29, 0.717) is 18.4 Å². The highest BCUT2D eigenvalue weighted by molar-refractivity contribution is 7.52. The van der Waals surface area contributed by atoms with Crippen LogP contribution >= 0.6 is 7.60 Å². The third-order valence-corrected chi connectivity index (χ3v) is 12.2. The van der Waals surface area contributed by atoms with Crippen LogP contribution in [0.15, 0.2) is 30.3 Å². The van der Waals surface area contributed by atoms with Gasteiger partial charge in [0.2, 0.25) is 23.6 Å². The number of carbonyl (C=O) groups excluding carboxylic acids is 4. The van der Waals surface area contributed by atoms with E-state index in [4.69, 9.17) is 14.2 Å². The van der Waals surface area contributed by atoms with E-state index in [1.54, 1.807) is 68.3 Å². The van der Waals surface area contributed by atoms with Gasteiger partial charge in [0.05, 0.1) is 48.8 Å². The number of hydrogen-bond donors (Lipinski definition) is 5. The summed E-state index contributed by atoms with van der Waals surface area (Å²) in [4.78, 5) is 78.9. The molecule has 15 nitrogen and oxygen atoms in total. The average Bonchev–Trinajstić information content (AvgIpc) is 3.57. The van der Waals surface area contributed by atoms with Gasteiger partial charge in [0.1, 0.15) is 11.8 Å². The van der Waals surface area contributed by atoms with Crippen LogP contribution in [0.3, 0.4) is 0 Å². The summed E-state index contributed by atoms with van der Waals surface area (Å²) in [6.07, 6.45) is -1.08. The molecule has 1 aliphatic rings. The van der Waals surface area contributed by atoms with Crippen molar-refractivity contribution in [3.05, 3.63) is 35.9 Å². The molecule has 314 valence electrons. The molecule has 1 aromatic carbocycles. The van der Waals surface area contributed by atoms with E-state index in [2.05, 4.69) is 16.0 Å². The molecule has 0 radical (unpaired) electrons. The highest BCUT2D eigenvalue weighted by Gasteiger charge is 2.46. The average molecular weight is 798 g/mol. The lowest BCUT2D eigenvalue weighted by atomic mass is 9.89. The van der Waals surface area contributed by atoms with Crippen molar-refractivity contribution in [2.24, 2.45) is 23.7 Å². The molecule has 0 aliphatic carbocycles. The molecule has 0 bridgehead atoms. The van der Waals surface area contributed by atoms with Gasteiger partial charge >= 0.3 is 7.60 Å². The Kier molecular flexibility index (Phi) is 19.4. The predicted octanol–water partition coefficient (Wildman–Crippen LogP) is 2.78. The Hall–Kier alpha value is -2.91. The lowest BCUT2D eigenvalue weighted by Gasteiger charge is -2.41. The molecular weight excluding hydrogens is 729 g/mol. The maximum absolute atomic E-state index is 14.3. The number of amides is 4. The van der Waals surface area contributed by atoms with Crippen LogP contribution in [0.25, 0.3) is 0 Å². The Labute approximate surface area is 328 Å². The Morgan fingerprint density at radius 2 is 1.53 bits per heavy atom. The molecular formula is C39H68N5O10P. The topological polar surface area (TPSA) is 196 Å². The van der Waals surface area contributed by atoms with Crippen molar-refractivity contribution >= 4 is 31.2 Å². The fraction of sp³-hybridized carbons (Fsp3) is 0.744. The molecule has 1 saturated heterocycles. The summed E-state index contributed by atoms with van der Waals surface area (Å²) >= 11 is 0. The van der Waals surface area contributed by atoms with E-state index >= 15 is 0 Å². The third-order valence-electron chi connectivity index (χ3n) is 11.1. The molecule has 5 N–H and O–H groups in total. The van der Waals surface area contributed by atoms with Gasteiger partial charge < -0.3 is 49.7 Å². The van der Waals surface area contributed by atoms with E-state index in [-0.39, 0.29) is 61.0 Å². The van der Waals surface area contributed by atoms with Crippen molar-refractivity contribution in [1.29, 1.82) is 0 Å². The number of hydrogen-bond acceptors (Lipinski definition) is 9. The number of likely N-dealkylation sites (N-methyl/N-ethyl adjacent to an activating group) is 2. The van der Waals surface area contributed by atoms with Crippen LogP contribution in [0, 0.1) is 23.7 Å². The zero-order chi connectivity index (χ0) is 41.8. The number of carbonyl (C=O) groups is 4. The summed E-state index contributed by atoms with van der Waals surface area (Å²) in [5, 5.41) is 8.54. The number of likely N-dealkylation sites (tertiary alicyclic amines) is 1. The van der Waals surface area contributed by atoms with Crippen molar-refractivity contribution in [3.63, 3.8) is 0 Å². The number of rotatable bonds is 22. The minimum atomic E-state index is -4.75. The van der Waals surface area contributed by atoms with Crippen molar-refractivity contribution < 1.29 is 47.7 Å². The standard InChI is InChI=1S/C39H68N5O10P/c1-13-25(6)35(43(9)39(48)34(24(4)5)42-38(47)33(40-8)23(2)3)30(53-11)21-32(45)44-22-28(52-10)20-29(44)36(54-12)26(7)37(46)41-31(55(49,50)51)19-27-17-15-14-16-18-27/h14-18,23-26,28-31,33-36,40H,13,19-22H2,1-12H3,(H,41,46)(H,42,47)(H2,49,50,51)/t25-,26+,28+,29-,30+,31+,33-,34-,35-,36+/m0/s1. The van der Waals surface area contributed by atoms with Crippen LogP contribution in [0.5, 0.6) is 0 Å². The van der Waals surface area contributed by atoms with E-state index in [9.17, 15) is 33.5 Å². The Morgan fingerprint density at radius 1 is 0.927 bits per heavy atom. The minimum absolute atomic E-state index is 0.000796. The largest absolute Gasteiger partial charge is 0.380 e. The number of ether oxygens (including phenoxy) is 3. The quantitative estimate of drug-likeness (QED) is 0.108. The minimum Gasteiger partial charge on any atom is -0.380 e. The van der Waals surface area contributed by atoms with Gasteiger partial charge in [0, 0.05) is 41.3 Å². The molecule has 1 heterocycles. The summed E-state index contributed by atoms with van der Waals surface area (Å²) in [6.45, 7) is 13.4. The molecule has 0 saturated carbocycles. The summed E-state index contributed by atoms with van der Waals surface area (Å²) in [7, 11) is 3.12. The van der Waals surface area contributed by atoms with Crippen LogP contribution in [-0.2, 0) is 44.4 Å². The first kappa shape index (κ1) is 48.2. The molecule has 1 fully saturated rings. The lowest BCUT2D eigenvalue weighted by molar-refractivity contribution is -0.148. The second-order valence-corrected chi connectivity index (χ2v) is 17.3. The van der Waals surface area contributed by atoms with Crippen molar-refractivity contribution in [2.75, 3.05) is 42.0 Å². The van der Waals surface area contributed by atoms with Gasteiger partial charge in [-0.15, -0.1) is 0 Å². The van der Waals surface area contributed by atoms with Crippen LogP contribution in [-0.4, -0.2) is 133 Å². The van der Waals surface area contributed by atoms with Crippen LogP contribution < -0.4 is 16.0 Å². The summed E-state index contributed by atoms with van der Waals surface area (Å²) in [6, 6.07) is 6.29. The molecule has 4 amide bonds. The number of benzene rings is 1. The summed E-state index contributed by atoms with van der Waals surface area (Å²) in [5.74, 6) is -4.17. The zero-order valence-corrected chi connectivity index (χ0v) is 35.7. The first-order chi connectivity index (χ1) is 25.8. The van der Waals surface area contributed by atoms with E-state index in [0.717, 1.165) is 0 Å². The van der Waals surface area contributed by atoms with Gasteiger partial charge in [-0.1, -0.05) is 85.2 Å². The van der Waals surface area contributed by atoms with Gasteiger partial charge in [-0.3, -0.25) is 23.7 Å². The lowest BCUT2D eigenvalue weighted by Crippen LogP contribution is -2.59. The Morgan fingerprint density at radius 3 is 2.00 bits per heavy atom. The molecule has 0 unspecified atom stereocenters. The van der Waals surface area contributed by atoms with Gasteiger partial charge in [0.25, 0.3) is 0 Å². The van der Waals surface area contributed by atoms with E-state index in [1.165, 1.54) is 14.2 Å². The van der Waals surface area contributed by atoms with E-state index < -0.39 is 61.6 Å². The molecule has 2 rings (SSSR count). The van der Waals surface area contributed by atoms with Crippen LogP contribution in [0.2, 0.25) is 0 Å². The molecule has 16 heteroatoms. The highest BCUT2D eigenvalue weighted by atomic mass is 31.2. The Bertz CT molecular complexity index is 1430. The summed E-state index contributed by atoms with van der Waals surface area (Å²) < 4.78 is 30.0. The van der Waals surface area contributed by atoms with E-state index in [1.807, 2.05) is 41.5 Å². The van der Waals surface area contributed by atoms with Gasteiger partial charge in [-0.05, 0) is 36.8 Å². The number of nitrogens with one attached hydrogen (secondary N) is 3. The smallest absolute Gasteiger partial charge is 0.347 e. The van der Waals surface area contributed by atoms with Crippen LogP contribution in [0.1, 0.15) is 73.3 Å². The fourth-order valence-electron chi connectivity index (χ4n) is 7.59. The van der Waals surface area contributed by atoms with Gasteiger partial charge in [0.15, 0.2) is 0 Å². The molecule has 1 aromatic rings. The first-order valence-corrected chi connectivity index (χ1v) is 21.0.